The van der Waals surface area contributed by atoms with E-state index in [1.807, 2.05) is 0 Å². The molecule has 0 bridgehead atoms. The van der Waals surface area contributed by atoms with Gasteiger partial charge in [0.05, 0.1) is 6.04 Å². The topological polar surface area (TPSA) is 26.8 Å². The number of carbonyl (C=O) groups is 1. The third-order valence-corrected chi connectivity index (χ3v) is 7.65. The predicted octanol–water partition coefficient (Wildman–Crippen LogP) is 5.14. The Morgan fingerprint density at radius 1 is 0.771 bits per heavy atom. The first-order valence-electron chi connectivity index (χ1n) is 13.1. The van der Waals surface area contributed by atoms with Crippen molar-refractivity contribution in [2.75, 3.05) is 39.3 Å². The highest BCUT2D eigenvalue weighted by Crippen LogP contribution is 2.30. The van der Waals surface area contributed by atoms with Crippen molar-refractivity contribution in [3.05, 3.63) is 107 Å². The van der Waals surface area contributed by atoms with E-state index in [0.717, 1.165) is 58.7 Å². The van der Waals surface area contributed by atoms with Crippen LogP contribution in [-0.2, 0) is 11.3 Å². The molecule has 0 spiro atoms. The number of benzene rings is 3. The molecule has 0 aromatic heterocycles. The molecule has 35 heavy (non-hydrogen) atoms. The van der Waals surface area contributed by atoms with Gasteiger partial charge in [0.1, 0.15) is 0 Å². The zero-order valence-electron chi connectivity index (χ0n) is 20.9. The molecule has 3 aromatic carbocycles. The van der Waals surface area contributed by atoms with E-state index in [-0.39, 0.29) is 12.0 Å². The standard InChI is InChI=1S/C31H37N3O/c1-25-9-8-10-26(23-25)24-32-17-15-29(16-18-32)31(35)34-21-19-33(20-22-34)30(27-11-4-2-5-12-27)28-13-6-3-7-14-28/h2-14,23,29-30H,15-22,24H2,1H3. The minimum absolute atomic E-state index is 0.175. The van der Waals surface area contributed by atoms with Gasteiger partial charge in [-0.1, -0.05) is 90.5 Å². The van der Waals surface area contributed by atoms with Crippen molar-refractivity contribution in [1.29, 1.82) is 0 Å². The number of piperazine rings is 1. The number of hydrogen-bond donors (Lipinski definition) is 0. The van der Waals surface area contributed by atoms with E-state index < -0.39 is 0 Å². The van der Waals surface area contributed by atoms with Gasteiger partial charge in [0.25, 0.3) is 0 Å². The Kier molecular flexibility index (Phi) is 7.60. The fourth-order valence-electron chi connectivity index (χ4n) is 5.75. The Balaban J connectivity index is 1.16. The number of piperidine rings is 1. The zero-order chi connectivity index (χ0) is 24.0. The third-order valence-electron chi connectivity index (χ3n) is 7.65. The molecule has 0 saturated carbocycles. The van der Waals surface area contributed by atoms with E-state index in [9.17, 15) is 4.79 Å². The molecule has 4 heteroatoms. The van der Waals surface area contributed by atoms with Crippen LogP contribution in [0.15, 0.2) is 84.9 Å². The second-order valence-electron chi connectivity index (χ2n) is 10.1. The van der Waals surface area contributed by atoms with Crippen LogP contribution in [0.25, 0.3) is 0 Å². The molecule has 0 N–H and O–H groups in total. The maximum absolute atomic E-state index is 13.4. The van der Waals surface area contributed by atoms with Gasteiger partial charge in [-0.2, -0.15) is 0 Å². The molecule has 2 aliphatic rings. The van der Waals surface area contributed by atoms with Crippen LogP contribution in [-0.4, -0.2) is 59.9 Å². The molecule has 2 fully saturated rings. The van der Waals surface area contributed by atoms with Crippen LogP contribution in [0, 0.1) is 12.8 Å². The second kappa shape index (κ2) is 11.2. The minimum atomic E-state index is 0.175. The van der Waals surface area contributed by atoms with Crippen molar-refractivity contribution < 1.29 is 4.79 Å². The molecule has 2 heterocycles. The Labute approximate surface area is 210 Å². The van der Waals surface area contributed by atoms with E-state index >= 15 is 0 Å². The summed E-state index contributed by atoms with van der Waals surface area (Å²) in [6.45, 7) is 8.61. The second-order valence-corrected chi connectivity index (χ2v) is 10.1. The van der Waals surface area contributed by atoms with Crippen LogP contribution >= 0.6 is 0 Å². The summed E-state index contributed by atoms with van der Waals surface area (Å²) < 4.78 is 0. The lowest BCUT2D eigenvalue weighted by atomic mass is 9.94. The molecule has 4 nitrogen and oxygen atoms in total. The molecule has 3 aromatic rings. The van der Waals surface area contributed by atoms with Crippen molar-refractivity contribution in [2.24, 2.45) is 5.92 Å². The molecule has 0 atom stereocenters. The number of amides is 1. The molecule has 0 radical (unpaired) electrons. The number of carbonyl (C=O) groups excluding carboxylic acids is 1. The first kappa shape index (κ1) is 23.8. The number of aryl methyl sites for hydroxylation is 1. The van der Waals surface area contributed by atoms with Crippen LogP contribution in [0.3, 0.4) is 0 Å². The molecular formula is C31H37N3O. The highest BCUT2D eigenvalue weighted by atomic mass is 16.2. The average Bonchev–Trinajstić information content (AvgIpc) is 2.91. The highest BCUT2D eigenvalue weighted by Gasteiger charge is 2.32. The lowest BCUT2D eigenvalue weighted by molar-refractivity contribution is -0.139. The van der Waals surface area contributed by atoms with E-state index in [2.05, 4.69) is 107 Å². The van der Waals surface area contributed by atoms with Gasteiger partial charge in [-0.3, -0.25) is 14.6 Å². The molecular weight excluding hydrogens is 430 g/mol. The van der Waals surface area contributed by atoms with Gasteiger partial charge in [-0.05, 0) is 49.5 Å². The molecule has 2 saturated heterocycles. The van der Waals surface area contributed by atoms with E-state index in [1.54, 1.807) is 0 Å². The molecule has 1 amide bonds. The minimum Gasteiger partial charge on any atom is -0.340 e. The summed E-state index contributed by atoms with van der Waals surface area (Å²) >= 11 is 0. The molecule has 2 aliphatic heterocycles. The van der Waals surface area contributed by atoms with Crippen molar-refractivity contribution in [3.63, 3.8) is 0 Å². The van der Waals surface area contributed by atoms with Crippen molar-refractivity contribution in [1.82, 2.24) is 14.7 Å². The van der Waals surface area contributed by atoms with Crippen LogP contribution in [0.2, 0.25) is 0 Å². The fourth-order valence-corrected chi connectivity index (χ4v) is 5.75. The SMILES string of the molecule is Cc1cccc(CN2CCC(C(=O)N3CCN(C(c4ccccc4)c4ccccc4)CC3)CC2)c1. The summed E-state index contributed by atoms with van der Waals surface area (Å²) in [6.07, 6.45) is 1.95. The number of nitrogens with zero attached hydrogens (tertiary/aromatic N) is 3. The smallest absolute Gasteiger partial charge is 0.225 e. The van der Waals surface area contributed by atoms with Gasteiger partial charge in [0.15, 0.2) is 0 Å². The summed E-state index contributed by atoms with van der Waals surface area (Å²) in [5, 5.41) is 0. The zero-order valence-corrected chi connectivity index (χ0v) is 20.9. The quantitative estimate of drug-likeness (QED) is 0.502. The van der Waals surface area contributed by atoms with Gasteiger partial charge in [-0.15, -0.1) is 0 Å². The Morgan fingerprint density at radius 2 is 1.37 bits per heavy atom. The highest BCUT2D eigenvalue weighted by molar-refractivity contribution is 5.79. The lowest BCUT2D eigenvalue weighted by Crippen LogP contribution is -2.52. The van der Waals surface area contributed by atoms with E-state index in [4.69, 9.17) is 0 Å². The average molecular weight is 468 g/mol. The van der Waals surface area contributed by atoms with Crippen LogP contribution in [0.1, 0.15) is 41.1 Å². The monoisotopic (exact) mass is 467 g/mol. The van der Waals surface area contributed by atoms with Gasteiger partial charge >= 0.3 is 0 Å². The van der Waals surface area contributed by atoms with Crippen LogP contribution in [0.4, 0.5) is 0 Å². The number of rotatable bonds is 6. The summed E-state index contributed by atoms with van der Waals surface area (Å²) in [5.41, 5.74) is 5.32. The molecule has 0 aliphatic carbocycles. The Hall–Kier alpha value is -2.95. The van der Waals surface area contributed by atoms with Crippen molar-refractivity contribution in [3.8, 4) is 0 Å². The van der Waals surface area contributed by atoms with Gasteiger partial charge < -0.3 is 4.90 Å². The summed E-state index contributed by atoms with van der Waals surface area (Å²) in [5.74, 6) is 0.546. The Bertz CT molecular complexity index is 1040. The summed E-state index contributed by atoms with van der Waals surface area (Å²) in [6, 6.07) is 30.5. The Morgan fingerprint density at radius 3 is 1.94 bits per heavy atom. The lowest BCUT2D eigenvalue weighted by Gasteiger charge is -2.41. The third kappa shape index (κ3) is 5.83. The maximum atomic E-state index is 13.4. The molecule has 182 valence electrons. The van der Waals surface area contributed by atoms with Gasteiger partial charge in [0, 0.05) is 38.6 Å². The van der Waals surface area contributed by atoms with E-state index in [1.165, 1.54) is 22.3 Å². The number of likely N-dealkylation sites (tertiary alicyclic amines) is 1. The van der Waals surface area contributed by atoms with Crippen LogP contribution < -0.4 is 0 Å². The first-order chi connectivity index (χ1) is 17.2. The van der Waals surface area contributed by atoms with Crippen LogP contribution in [0.5, 0.6) is 0 Å². The fraction of sp³-hybridized carbons (Fsp3) is 0.387. The summed E-state index contributed by atoms with van der Waals surface area (Å²) in [7, 11) is 0. The normalized spacial score (nSPS) is 18.2. The molecule has 0 unspecified atom stereocenters. The number of hydrogen-bond acceptors (Lipinski definition) is 3. The van der Waals surface area contributed by atoms with Crippen molar-refractivity contribution in [2.45, 2.75) is 32.4 Å². The predicted molar refractivity (Wildman–Crippen MR) is 142 cm³/mol. The maximum Gasteiger partial charge on any atom is 0.225 e. The van der Waals surface area contributed by atoms with Crippen molar-refractivity contribution >= 4 is 5.91 Å². The summed E-state index contributed by atoms with van der Waals surface area (Å²) in [4.78, 5) is 20.5. The molecule has 5 rings (SSSR count). The van der Waals surface area contributed by atoms with Gasteiger partial charge in [-0.25, -0.2) is 0 Å². The van der Waals surface area contributed by atoms with E-state index in [0.29, 0.717) is 5.91 Å². The largest absolute Gasteiger partial charge is 0.340 e. The van der Waals surface area contributed by atoms with Gasteiger partial charge in [0.2, 0.25) is 5.91 Å². The first-order valence-corrected chi connectivity index (χ1v) is 13.1.